The van der Waals surface area contributed by atoms with Gasteiger partial charge in [-0.1, -0.05) is 0 Å². The molecule has 0 unspecified atom stereocenters. The Kier molecular flexibility index (Phi) is 5.04. The van der Waals surface area contributed by atoms with Crippen LogP contribution >= 0.6 is 11.3 Å². The number of hydrogen-bond acceptors (Lipinski definition) is 6. The van der Waals surface area contributed by atoms with Crippen LogP contribution in [0.4, 0.5) is 15.6 Å². The van der Waals surface area contributed by atoms with Crippen LogP contribution in [-0.4, -0.2) is 46.0 Å². The third-order valence-corrected chi connectivity index (χ3v) is 4.52. The van der Waals surface area contributed by atoms with Gasteiger partial charge in [0.25, 0.3) is 5.91 Å². The predicted octanol–water partition coefficient (Wildman–Crippen LogP) is 2.83. The van der Waals surface area contributed by atoms with Crippen LogP contribution in [0.25, 0.3) is 11.3 Å². The molecular weight excluding hydrogens is 366 g/mol. The molecule has 0 saturated heterocycles. The van der Waals surface area contributed by atoms with Crippen molar-refractivity contribution in [3.05, 3.63) is 53.7 Å². The highest BCUT2D eigenvalue weighted by atomic mass is 32.1. The molecule has 138 valence electrons. The molecule has 0 radical (unpaired) electrons. The van der Waals surface area contributed by atoms with Crippen LogP contribution < -0.4 is 10.6 Å². The van der Waals surface area contributed by atoms with Crippen molar-refractivity contribution in [2.45, 2.75) is 0 Å². The first kappa shape index (κ1) is 18.3. The molecule has 2 aromatic heterocycles. The Balaban J connectivity index is 1.89. The van der Waals surface area contributed by atoms with Gasteiger partial charge in [-0.15, -0.1) is 11.3 Å². The molecule has 8 nitrogen and oxygen atoms in total. The first-order valence-electron chi connectivity index (χ1n) is 7.89. The number of phenolic OH excluding ortho intramolecular Hbond substituents is 1. The van der Waals surface area contributed by atoms with E-state index in [4.69, 9.17) is 5.73 Å². The van der Waals surface area contributed by atoms with Crippen LogP contribution in [0.15, 0.2) is 48.0 Å². The standard InChI is InChI=1S/C18H17N5O3S/c1-22(2)16(25)14-8-3-11(9-20-14)15-10-27-18(21-15)23(17(19)26)12-4-6-13(24)7-5-12/h3-10,24H,1-2H3,(H2,19,26). The lowest BCUT2D eigenvalue weighted by atomic mass is 10.2. The molecule has 3 aromatic rings. The molecule has 0 saturated carbocycles. The lowest BCUT2D eigenvalue weighted by molar-refractivity contribution is 0.0822. The van der Waals surface area contributed by atoms with E-state index in [1.165, 1.54) is 33.3 Å². The highest BCUT2D eigenvalue weighted by molar-refractivity contribution is 7.14. The summed E-state index contributed by atoms with van der Waals surface area (Å²) >= 11 is 1.24. The fourth-order valence-corrected chi connectivity index (χ4v) is 3.19. The van der Waals surface area contributed by atoms with Gasteiger partial charge in [0, 0.05) is 31.2 Å². The van der Waals surface area contributed by atoms with E-state index in [2.05, 4.69) is 9.97 Å². The van der Waals surface area contributed by atoms with Crippen LogP contribution in [-0.2, 0) is 0 Å². The number of hydrogen-bond donors (Lipinski definition) is 2. The first-order valence-corrected chi connectivity index (χ1v) is 8.77. The number of thiazole rings is 1. The second-order valence-corrected chi connectivity index (χ2v) is 6.67. The van der Waals surface area contributed by atoms with Crippen molar-refractivity contribution in [3.8, 4) is 17.0 Å². The molecule has 0 atom stereocenters. The van der Waals surface area contributed by atoms with E-state index in [1.807, 2.05) is 0 Å². The average Bonchev–Trinajstić information content (AvgIpc) is 3.12. The predicted molar refractivity (Wildman–Crippen MR) is 103 cm³/mol. The fourth-order valence-electron chi connectivity index (χ4n) is 2.33. The lowest BCUT2D eigenvalue weighted by Gasteiger charge is -2.17. The van der Waals surface area contributed by atoms with E-state index in [-0.39, 0.29) is 11.7 Å². The third kappa shape index (κ3) is 3.87. The van der Waals surface area contributed by atoms with Crippen LogP contribution in [0.3, 0.4) is 0 Å². The second kappa shape index (κ2) is 7.42. The van der Waals surface area contributed by atoms with Gasteiger partial charge in [-0.2, -0.15) is 0 Å². The number of nitrogens with two attached hydrogens (primary N) is 1. The van der Waals surface area contributed by atoms with Gasteiger partial charge in [-0.05, 0) is 36.4 Å². The fraction of sp³-hybridized carbons (Fsp3) is 0.111. The molecule has 1 aromatic carbocycles. The Hall–Kier alpha value is -3.46. The molecule has 0 bridgehead atoms. The van der Waals surface area contributed by atoms with Crippen LogP contribution in [0.5, 0.6) is 5.75 Å². The van der Waals surface area contributed by atoms with Gasteiger partial charge < -0.3 is 15.7 Å². The van der Waals surface area contributed by atoms with Gasteiger partial charge in [0.05, 0.1) is 11.4 Å². The van der Waals surface area contributed by atoms with Crippen LogP contribution in [0.1, 0.15) is 10.5 Å². The van der Waals surface area contributed by atoms with Crippen molar-refractivity contribution in [1.82, 2.24) is 14.9 Å². The van der Waals surface area contributed by atoms with Crippen molar-refractivity contribution in [2.75, 3.05) is 19.0 Å². The van der Waals surface area contributed by atoms with Crippen LogP contribution in [0, 0.1) is 0 Å². The number of carbonyl (C=O) groups is 2. The van der Waals surface area contributed by atoms with Crippen molar-refractivity contribution < 1.29 is 14.7 Å². The van der Waals surface area contributed by atoms with Crippen molar-refractivity contribution >= 4 is 34.1 Å². The number of primary amides is 1. The van der Waals surface area contributed by atoms with Gasteiger partial charge in [0.2, 0.25) is 0 Å². The van der Waals surface area contributed by atoms with Gasteiger partial charge in [-0.3, -0.25) is 9.78 Å². The number of pyridine rings is 1. The number of phenols is 1. The summed E-state index contributed by atoms with van der Waals surface area (Å²) in [5.41, 5.74) is 7.65. The molecule has 2 heterocycles. The number of aromatic nitrogens is 2. The molecular formula is C18H17N5O3S. The molecule has 3 rings (SSSR count). The number of anilines is 2. The zero-order chi connectivity index (χ0) is 19.6. The molecule has 3 N–H and O–H groups in total. The Morgan fingerprint density at radius 2 is 1.81 bits per heavy atom. The smallest absolute Gasteiger partial charge is 0.325 e. The molecule has 0 aliphatic rings. The third-order valence-electron chi connectivity index (χ3n) is 3.70. The minimum absolute atomic E-state index is 0.0847. The van der Waals surface area contributed by atoms with Crippen molar-refractivity contribution in [2.24, 2.45) is 5.73 Å². The topological polar surface area (TPSA) is 113 Å². The summed E-state index contributed by atoms with van der Waals surface area (Å²) in [4.78, 5) is 35.2. The number of rotatable bonds is 4. The SMILES string of the molecule is CN(C)C(=O)c1ccc(-c2csc(N(C(N)=O)c3ccc(O)cc3)n2)cn1. The maximum Gasteiger partial charge on any atom is 0.325 e. The monoisotopic (exact) mass is 383 g/mol. The highest BCUT2D eigenvalue weighted by Gasteiger charge is 2.19. The summed E-state index contributed by atoms with van der Waals surface area (Å²) < 4.78 is 0. The maximum absolute atomic E-state index is 11.9. The zero-order valence-corrected chi connectivity index (χ0v) is 15.5. The summed E-state index contributed by atoms with van der Waals surface area (Å²) in [5, 5.41) is 11.6. The minimum atomic E-state index is -0.688. The first-order chi connectivity index (χ1) is 12.9. The zero-order valence-electron chi connectivity index (χ0n) is 14.7. The average molecular weight is 383 g/mol. The van der Waals surface area contributed by atoms with Gasteiger partial charge in [-0.25, -0.2) is 14.7 Å². The number of amides is 3. The number of benzene rings is 1. The highest BCUT2D eigenvalue weighted by Crippen LogP contribution is 2.32. The summed E-state index contributed by atoms with van der Waals surface area (Å²) in [5.74, 6) is -0.103. The Morgan fingerprint density at radius 3 is 2.37 bits per heavy atom. The normalized spacial score (nSPS) is 10.4. The Labute approximate surface area is 159 Å². The van der Waals surface area contributed by atoms with Crippen molar-refractivity contribution in [3.63, 3.8) is 0 Å². The summed E-state index contributed by atoms with van der Waals surface area (Å²) in [7, 11) is 3.32. The summed E-state index contributed by atoms with van der Waals surface area (Å²) in [6, 6.07) is 8.76. The van der Waals surface area contributed by atoms with E-state index in [1.54, 1.807) is 49.9 Å². The molecule has 0 aliphatic carbocycles. The van der Waals surface area contributed by atoms with Gasteiger partial charge in [0.15, 0.2) is 5.13 Å². The summed E-state index contributed by atoms with van der Waals surface area (Å²) in [6.45, 7) is 0. The van der Waals surface area contributed by atoms with E-state index in [9.17, 15) is 14.7 Å². The van der Waals surface area contributed by atoms with E-state index in [0.29, 0.717) is 27.8 Å². The maximum atomic E-state index is 11.9. The quantitative estimate of drug-likeness (QED) is 0.719. The summed E-state index contributed by atoms with van der Waals surface area (Å²) in [6.07, 6.45) is 1.56. The van der Waals surface area contributed by atoms with Crippen LogP contribution in [0.2, 0.25) is 0 Å². The molecule has 27 heavy (non-hydrogen) atoms. The molecule has 3 amide bonds. The number of carbonyl (C=O) groups excluding carboxylic acids is 2. The largest absolute Gasteiger partial charge is 0.508 e. The van der Waals surface area contributed by atoms with E-state index in [0.717, 1.165) is 0 Å². The Morgan fingerprint density at radius 1 is 1.11 bits per heavy atom. The number of urea groups is 1. The van der Waals surface area contributed by atoms with Gasteiger partial charge >= 0.3 is 6.03 Å². The molecule has 0 spiro atoms. The van der Waals surface area contributed by atoms with E-state index < -0.39 is 6.03 Å². The molecule has 9 heteroatoms. The number of nitrogens with zero attached hydrogens (tertiary/aromatic N) is 4. The van der Waals surface area contributed by atoms with E-state index >= 15 is 0 Å². The lowest BCUT2D eigenvalue weighted by Crippen LogP contribution is -2.31. The van der Waals surface area contributed by atoms with Crippen molar-refractivity contribution in [1.29, 1.82) is 0 Å². The minimum Gasteiger partial charge on any atom is -0.508 e. The number of aromatic hydroxyl groups is 1. The van der Waals surface area contributed by atoms with Gasteiger partial charge in [0.1, 0.15) is 11.4 Å². The Bertz CT molecular complexity index is 967. The molecule has 0 fully saturated rings. The second-order valence-electron chi connectivity index (χ2n) is 5.84. The molecule has 0 aliphatic heterocycles.